The first-order valence-corrected chi connectivity index (χ1v) is 13.1. The number of aliphatic hydroxyl groups excluding tert-OH is 1. The number of aliphatic hydroxyl groups is 1. The predicted molar refractivity (Wildman–Crippen MR) is 130 cm³/mol. The van der Waals surface area contributed by atoms with Crippen LogP contribution in [0.25, 0.3) is 11.0 Å². The first-order valence-electron chi connectivity index (χ1n) is 13.1. The van der Waals surface area contributed by atoms with Gasteiger partial charge in [-0.2, -0.15) is 0 Å². The second-order valence-electron chi connectivity index (χ2n) is 11.1. The van der Waals surface area contributed by atoms with E-state index in [0.717, 1.165) is 72.3 Å². The average Bonchev–Trinajstić information content (AvgIpc) is 3.41. The molecule has 1 aliphatic heterocycles. The van der Waals surface area contributed by atoms with E-state index in [0.29, 0.717) is 5.92 Å². The molecular formula is C27H41N3O3. The molecule has 5 rings (SSSR count). The summed E-state index contributed by atoms with van der Waals surface area (Å²) in [5, 5.41) is 15.8. The molecule has 0 unspecified atom stereocenters. The van der Waals surface area contributed by atoms with Gasteiger partial charge in [-0.1, -0.05) is 11.6 Å². The molecule has 2 saturated carbocycles. The number of likely N-dealkylation sites (tertiary alicyclic amines) is 1. The predicted octanol–water partition coefficient (Wildman–Crippen LogP) is 4.48. The Morgan fingerprint density at radius 1 is 1.09 bits per heavy atom. The zero-order valence-electron chi connectivity index (χ0n) is 20.5. The summed E-state index contributed by atoms with van der Waals surface area (Å²) in [5.74, 6) is 2.93. The second-order valence-corrected chi connectivity index (χ2v) is 11.1. The summed E-state index contributed by atoms with van der Waals surface area (Å²) >= 11 is 0. The Morgan fingerprint density at radius 2 is 1.91 bits per heavy atom. The number of benzene rings is 1. The van der Waals surface area contributed by atoms with E-state index in [-0.39, 0.29) is 6.10 Å². The number of hydrogen-bond acceptors (Lipinski definition) is 6. The topological polar surface area (TPSA) is 62.0 Å². The number of aryl methyl sites for hydroxylation is 1. The molecule has 2 heterocycles. The summed E-state index contributed by atoms with van der Waals surface area (Å²) in [6, 6.07) is 4.28. The maximum Gasteiger partial charge on any atom is 0.175 e. The number of nitrogens with zero attached hydrogens (tertiary/aromatic N) is 3. The molecule has 33 heavy (non-hydrogen) atoms. The van der Waals surface area contributed by atoms with Gasteiger partial charge < -0.3 is 24.2 Å². The van der Waals surface area contributed by atoms with Gasteiger partial charge in [0, 0.05) is 18.5 Å². The summed E-state index contributed by atoms with van der Waals surface area (Å²) in [6.07, 6.45) is 10.6. The van der Waals surface area contributed by atoms with Crippen molar-refractivity contribution in [2.24, 2.45) is 17.8 Å². The fraction of sp³-hybridized carbons (Fsp3) is 0.741. The Kier molecular flexibility index (Phi) is 7.24. The molecule has 1 aromatic heterocycles. The summed E-state index contributed by atoms with van der Waals surface area (Å²) < 4.78 is 12.1. The van der Waals surface area contributed by atoms with Gasteiger partial charge in [0.15, 0.2) is 5.58 Å². The summed E-state index contributed by atoms with van der Waals surface area (Å²) in [6.45, 7) is 5.03. The molecule has 1 N–H and O–H groups in total. The van der Waals surface area contributed by atoms with Crippen LogP contribution in [0.15, 0.2) is 16.7 Å². The lowest BCUT2D eigenvalue weighted by molar-refractivity contribution is 0.0859. The van der Waals surface area contributed by atoms with Gasteiger partial charge in [-0.25, -0.2) is 0 Å². The largest absolute Gasteiger partial charge is 0.493 e. The molecule has 2 atom stereocenters. The highest BCUT2D eigenvalue weighted by atomic mass is 16.5. The molecule has 0 spiro atoms. The second kappa shape index (κ2) is 10.3. The van der Waals surface area contributed by atoms with Crippen LogP contribution in [0, 0.1) is 17.8 Å². The molecular weight excluding hydrogens is 414 g/mol. The van der Waals surface area contributed by atoms with Crippen LogP contribution in [0.1, 0.15) is 62.6 Å². The fourth-order valence-corrected chi connectivity index (χ4v) is 5.73. The smallest absolute Gasteiger partial charge is 0.175 e. The monoisotopic (exact) mass is 455 g/mol. The van der Waals surface area contributed by atoms with Crippen LogP contribution in [0.3, 0.4) is 0 Å². The van der Waals surface area contributed by atoms with Crippen LogP contribution in [-0.4, -0.2) is 66.5 Å². The van der Waals surface area contributed by atoms with Crippen molar-refractivity contribution in [1.82, 2.24) is 15.0 Å². The summed E-state index contributed by atoms with van der Waals surface area (Å²) in [7, 11) is 4.17. The van der Waals surface area contributed by atoms with Gasteiger partial charge in [-0.3, -0.25) is 0 Å². The molecule has 0 radical (unpaired) electrons. The van der Waals surface area contributed by atoms with Crippen LogP contribution >= 0.6 is 0 Å². The Labute approximate surface area is 198 Å². The van der Waals surface area contributed by atoms with E-state index in [1.165, 1.54) is 58.0 Å². The van der Waals surface area contributed by atoms with E-state index in [1.54, 1.807) is 0 Å². The Morgan fingerprint density at radius 3 is 2.61 bits per heavy atom. The van der Waals surface area contributed by atoms with Gasteiger partial charge in [0.05, 0.1) is 24.0 Å². The Hall–Kier alpha value is -1.63. The van der Waals surface area contributed by atoms with Crippen LogP contribution in [0.2, 0.25) is 0 Å². The average molecular weight is 456 g/mol. The molecule has 3 aliphatic rings. The SMILES string of the molecule is CN(C)Cc1c(OCC2CC2)ccc2c(CCC3CCN(C[C@H]4CCC[C@H]4O)CC3)noc12. The van der Waals surface area contributed by atoms with Crippen molar-refractivity contribution in [2.45, 2.75) is 70.4 Å². The highest BCUT2D eigenvalue weighted by Crippen LogP contribution is 2.35. The fourth-order valence-electron chi connectivity index (χ4n) is 5.73. The molecule has 2 aliphatic carbocycles. The standard InChI is InChI=1S/C27H41N3O3/c1-29(2)17-23-26(32-18-20-6-7-20)11-9-22-24(28-33-27(22)23)10-8-19-12-14-30(15-13-19)16-21-4-3-5-25(21)31/h9,11,19-21,25,31H,3-8,10,12-18H2,1-2H3/t21-,25-/m1/s1. The van der Waals surface area contributed by atoms with E-state index in [1.807, 2.05) is 0 Å². The Bertz CT molecular complexity index is 915. The van der Waals surface area contributed by atoms with Crippen molar-refractivity contribution in [1.29, 1.82) is 0 Å². The third-order valence-corrected chi connectivity index (χ3v) is 8.03. The maximum absolute atomic E-state index is 10.1. The number of hydrogen-bond donors (Lipinski definition) is 1. The summed E-state index contributed by atoms with van der Waals surface area (Å²) in [4.78, 5) is 4.75. The lowest BCUT2D eigenvalue weighted by atomic mass is 9.90. The van der Waals surface area contributed by atoms with Crippen molar-refractivity contribution in [3.05, 3.63) is 23.4 Å². The normalized spacial score (nSPS) is 24.8. The lowest BCUT2D eigenvalue weighted by Gasteiger charge is -2.34. The number of fused-ring (bicyclic) bond motifs is 1. The molecule has 1 saturated heterocycles. The van der Waals surface area contributed by atoms with Gasteiger partial charge >= 0.3 is 0 Å². The minimum Gasteiger partial charge on any atom is -0.493 e. The first kappa shape index (κ1) is 23.1. The molecule has 0 amide bonds. The highest BCUT2D eigenvalue weighted by Gasteiger charge is 2.29. The molecule has 182 valence electrons. The minimum atomic E-state index is -0.0693. The van der Waals surface area contributed by atoms with Gasteiger partial charge in [0.2, 0.25) is 0 Å². The molecule has 2 aromatic rings. The van der Waals surface area contributed by atoms with Crippen molar-refractivity contribution < 1.29 is 14.4 Å². The van der Waals surface area contributed by atoms with E-state index in [9.17, 15) is 5.11 Å². The van der Waals surface area contributed by atoms with Gasteiger partial charge in [0.1, 0.15) is 5.75 Å². The summed E-state index contributed by atoms with van der Waals surface area (Å²) in [5.41, 5.74) is 3.12. The van der Waals surface area contributed by atoms with E-state index >= 15 is 0 Å². The number of rotatable bonds is 10. The molecule has 1 aromatic carbocycles. The minimum absolute atomic E-state index is 0.0693. The van der Waals surface area contributed by atoms with Crippen molar-refractivity contribution in [2.75, 3.05) is 40.3 Å². The lowest BCUT2D eigenvalue weighted by Crippen LogP contribution is -2.38. The molecule has 0 bridgehead atoms. The molecule has 3 fully saturated rings. The third-order valence-electron chi connectivity index (χ3n) is 8.03. The van der Waals surface area contributed by atoms with E-state index in [4.69, 9.17) is 9.26 Å². The van der Waals surface area contributed by atoms with E-state index in [2.05, 4.69) is 41.2 Å². The van der Waals surface area contributed by atoms with Crippen LogP contribution in [-0.2, 0) is 13.0 Å². The molecule has 6 nitrogen and oxygen atoms in total. The van der Waals surface area contributed by atoms with Gasteiger partial charge in [-0.05, 0) is 108 Å². The first-order chi connectivity index (χ1) is 16.1. The number of aromatic nitrogens is 1. The van der Waals surface area contributed by atoms with Gasteiger partial charge in [0.25, 0.3) is 0 Å². The van der Waals surface area contributed by atoms with Crippen molar-refractivity contribution in [3.8, 4) is 5.75 Å². The Balaban J connectivity index is 1.18. The molecule has 6 heteroatoms. The van der Waals surface area contributed by atoms with Crippen molar-refractivity contribution in [3.63, 3.8) is 0 Å². The number of ether oxygens (including phenoxy) is 1. The zero-order valence-corrected chi connectivity index (χ0v) is 20.5. The van der Waals surface area contributed by atoms with Crippen LogP contribution < -0.4 is 4.74 Å². The van der Waals surface area contributed by atoms with Crippen LogP contribution in [0.4, 0.5) is 0 Å². The van der Waals surface area contributed by atoms with Crippen molar-refractivity contribution >= 4 is 11.0 Å². The van der Waals surface area contributed by atoms with Crippen LogP contribution in [0.5, 0.6) is 5.75 Å². The zero-order chi connectivity index (χ0) is 22.8. The van der Waals surface area contributed by atoms with E-state index < -0.39 is 0 Å². The highest BCUT2D eigenvalue weighted by molar-refractivity contribution is 5.84. The number of piperidine rings is 1. The van der Waals surface area contributed by atoms with Gasteiger partial charge in [-0.15, -0.1) is 0 Å². The third kappa shape index (κ3) is 5.72. The quantitative estimate of drug-likeness (QED) is 0.570. The maximum atomic E-state index is 10.1.